The van der Waals surface area contributed by atoms with Crippen molar-refractivity contribution in [3.63, 3.8) is 0 Å². The van der Waals surface area contributed by atoms with Crippen molar-refractivity contribution in [2.75, 3.05) is 31.6 Å². The molecular formula is C29H35N5O8S. The highest BCUT2D eigenvalue weighted by Crippen LogP contribution is 2.33. The van der Waals surface area contributed by atoms with Gasteiger partial charge in [-0.05, 0) is 56.2 Å². The van der Waals surface area contributed by atoms with Crippen LogP contribution in [0, 0.1) is 22.0 Å². The summed E-state index contributed by atoms with van der Waals surface area (Å²) in [6.07, 6.45) is 2.94. The van der Waals surface area contributed by atoms with Crippen LogP contribution in [0.25, 0.3) is 10.1 Å². The first-order valence-corrected chi connectivity index (χ1v) is 14.6. The molecule has 1 aromatic carbocycles. The van der Waals surface area contributed by atoms with Gasteiger partial charge >= 0.3 is 12.1 Å². The highest BCUT2D eigenvalue weighted by atomic mass is 32.1. The predicted octanol–water partition coefficient (Wildman–Crippen LogP) is 4.02. The number of ether oxygens (including phenoxy) is 2. The van der Waals surface area contributed by atoms with Gasteiger partial charge in [0.2, 0.25) is 5.91 Å². The van der Waals surface area contributed by atoms with Gasteiger partial charge in [-0.2, -0.15) is 0 Å². The zero-order chi connectivity index (χ0) is 31.0. The highest BCUT2D eigenvalue weighted by molar-refractivity contribution is 7.22. The number of pyridine rings is 1. The van der Waals surface area contributed by atoms with Crippen molar-refractivity contribution in [3.05, 3.63) is 70.5 Å². The number of hydrogen-bond donors (Lipinski definition) is 2. The number of thiophene rings is 1. The fourth-order valence-corrected chi connectivity index (χ4v) is 5.85. The summed E-state index contributed by atoms with van der Waals surface area (Å²) < 4.78 is 11.9. The lowest BCUT2D eigenvalue weighted by atomic mass is 9.89. The Hall–Kier alpha value is -4.30. The number of carbonyl (C=O) groups is 3. The van der Waals surface area contributed by atoms with Gasteiger partial charge in [0.15, 0.2) is 0 Å². The van der Waals surface area contributed by atoms with Crippen LogP contribution in [-0.4, -0.2) is 70.8 Å². The van der Waals surface area contributed by atoms with E-state index in [1.54, 1.807) is 38.1 Å². The van der Waals surface area contributed by atoms with Crippen molar-refractivity contribution < 1.29 is 33.8 Å². The zero-order valence-electron chi connectivity index (χ0n) is 24.2. The minimum Gasteiger partial charge on any atom is -0.460 e. The third-order valence-electron chi connectivity index (χ3n) is 6.85. The standard InChI is InChI=1S/C29H35N5O8S/c1-29(2,3)42-28(37)31-15-22(26(35)32-25-14-20-9-10-30-16-24(20)43-25)21-13-23(33(17-21)11-12-41-34(38)39)27(36)40-18-19-7-5-4-6-8-19/h4-10,14,16,21-23H,11-13,15,17-18H2,1-3H3,(H,31,37)(H,32,35). The van der Waals surface area contributed by atoms with E-state index in [1.165, 1.54) is 11.3 Å². The molecular weight excluding hydrogens is 578 g/mol. The molecule has 1 aliphatic heterocycles. The maximum Gasteiger partial charge on any atom is 0.407 e. The molecule has 4 rings (SSSR count). The Morgan fingerprint density at radius 2 is 1.98 bits per heavy atom. The minimum atomic E-state index is -0.891. The number of benzene rings is 1. The number of hydrogen-bond acceptors (Lipinski definition) is 11. The molecule has 0 aliphatic carbocycles. The summed E-state index contributed by atoms with van der Waals surface area (Å²) in [7, 11) is 0. The molecule has 1 fully saturated rings. The average Bonchev–Trinajstić information content (AvgIpc) is 3.55. The maximum absolute atomic E-state index is 13.7. The first kappa shape index (κ1) is 31.6. The lowest BCUT2D eigenvalue weighted by Crippen LogP contribution is -2.42. The first-order valence-electron chi connectivity index (χ1n) is 13.8. The lowest BCUT2D eigenvalue weighted by Gasteiger charge is -2.25. The van der Waals surface area contributed by atoms with Crippen LogP contribution >= 0.6 is 11.3 Å². The van der Waals surface area contributed by atoms with Crippen molar-refractivity contribution in [2.45, 2.75) is 45.4 Å². The Balaban J connectivity index is 1.52. The van der Waals surface area contributed by atoms with Crippen LogP contribution in [0.4, 0.5) is 9.80 Å². The SMILES string of the molecule is CC(C)(C)OC(=O)NCC(C(=O)Nc1cc2ccncc2s1)C1CC(C(=O)OCc2ccccc2)N(CCO[N+](=O)[O-])C1. The van der Waals surface area contributed by atoms with Crippen LogP contribution in [-0.2, 0) is 30.5 Å². The Kier molecular flexibility index (Phi) is 10.5. The molecule has 0 bridgehead atoms. The van der Waals surface area contributed by atoms with E-state index >= 15 is 0 Å². The van der Waals surface area contributed by atoms with Gasteiger partial charge in [-0.1, -0.05) is 30.3 Å². The fraction of sp³-hybridized carbons (Fsp3) is 0.448. The molecule has 0 spiro atoms. The number of nitrogens with one attached hydrogen (secondary N) is 2. The summed E-state index contributed by atoms with van der Waals surface area (Å²) in [5.41, 5.74) is 0.0767. The van der Waals surface area contributed by atoms with Gasteiger partial charge in [-0.3, -0.25) is 19.5 Å². The monoisotopic (exact) mass is 613 g/mol. The van der Waals surface area contributed by atoms with E-state index in [0.717, 1.165) is 15.6 Å². The molecule has 3 unspecified atom stereocenters. The number of fused-ring (bicyclic) bond motifs is 1. The van der Waals surface area contributed by atoms with Crippen molar-refractivity contribution >= 4 is 44.4 Å². The molecule has 2 amide bonds. The number of aromatic nitrogens is 1. The number of nitrogens with zero attached hydrogens (tertiary/aromatic N) is 3. The van der Waals surface area contributed by atoms with Crippen molar-refractivity contribution in [2.24, 2.45) is 11.8 Å². The van der Waals surface area contributed by atoms with Crippen LogP contribution in [0.15, 0.2) is 54.9 Å². The van der Waals surface area contributed by atoms with Crippen LogP contribution in [0.3, 0.4) is 0 Å². The minimum absolute atomic E-state index is 0.0527. The molecule has 1 saturated heterocycles. The molecule has 3 heterocycles. The van der Waals surface area contributed by atoms with Crippen LogP contribution in [0.1, 0.15) is 32.8 Å². The molecule has 2 aromatic heterocycles. The summed E-state index contributed by atoms with van der Waals surface area (Å²) >= 11 is 1.37. The second kappa shape index (κ2) is 14.2. The van der Waals surface area contributed by atoms with Gasteiger partial charge in [0.1, 0.15) is 24.9 Å². The fourth-order valence-electron chi connectivity index (χ4n) is 4.92. The lowest BCUT2D eigenvalue weighted by molar-refractivity contribution is -0.757. The van der Waals surface area contributed by atoms with E-state index in [4.69, 9.17) is 9.47 Å². The Bertz CT molecular complexity index is 1390. The maximum atomic E-state index is 13.7. The quantitative estimate of drug-likeness (QED) is 0.173. The molecule has 230 valence electrons. The number of esters is 1. The zero-order valence-corrected chi connectivity index (χ0v) is 25.0. The molecule has 14 heteroatoms. The topological polar surface area (TPSA) is 162 Å². The Labute approximate surface area is 252 Å². The third kappa shape index (κ3) is 9.35. The number of rotatable bonds is 12. The summed E-state index contributed by atoms with van der Waals surface area (Å²) in [5.74, 6) is -2.03. The average molecular weight is 614 g/mol. The van der Waals surface area contributed by atoms with Crippen LogP contribution < -0.4 is 10.6 Å². The van der Waals surface area contributed by atoms with Gasteiger partial charge in [0.05, 0.1) is 15.6 Å². The number of alkyl carbamates (subject to hydrolysis) is 1. The second-order valence-electron chi connectivity index (χ2n) is 11.2. The van der Waals surface area contributed by atoms with Gasteiger partial charge in [-0.25, -0.2) is 4.79 Å². The molecule has 0 radical (unpaired) electrons. The number of likely N-dealkylation sites (tertiary alicyclic amines) is 1. The van der Waals surface area contributed by atoms with Gasteiger partial charge in [0.25, 0.3) is 5.09 Å². The Morgan fingerprint density at radius 3 is 2.67 bits per heavy atom. The largest absolute Gasteiger partial charge is 0.460 e. The van der Waals surface area contributed by atoms with E-state index in [1.807, 2.05) is 42.5 Å². The van der Waals surface area contributed by atoms with Gasteiger partial charge < -0.3 is 24.9 Å². The van der Waals surface area contributed by atoms with Crippen LogP contribution in [0.2, 0.25) is 0 Å². The molecule has 3 aromatic rings. The molecule has 3 atom stereocenters. The van der Waals surface area contributed by atoms with Crippen molar-refractivity contribution in [1.29, 1.82) is 0 Å². The molecule has 13 nitrogen and oxygen atoms in total. The summed E-state index contributed by atoms with van der Waals surface area (Å²) in [4.78, 5) is 60.6. The molecule has 0 saturated carbocycles. The van der Waals surface area contributed by atoms with E-state index in [-0.39, 0.29) is 45.2 Å². The predicted molar refractivity (Wildman–Crippen MR) is 159 cm³/mol. The van der Waals surface area contributed by atoms with E-state index in [0.29, 0.717) is 5.00 Å². The van der Waals surface area contributed by atoms with Gasteiger partial charge in [0, 0.05) is 32.0 Å². The van der Waals surface area contributed by atoms with E-state index in [2.05, 4.69) is 20.5 Å². The highest BCUT2D eigenvalue weighted by Gasteiger charge is 2.43. The number of anilines is 1. The molecule has 2 N–H and O–H groups in total. The molecule has 1 aliphatic rings. The van der Waals surface area contributed by atoms with E-state index < -0.39 is 40.6 Å². The summed E-state index contributed by atoms with van der Waals surface area (Å²) in [5, 5.41) is 17.1. The normalized spacial score (nSPS) is 17.7. The van der Waals surface area contributed by atoms with Crippen molar-refractivity contribution in [1.82, 2.24) is 15.2 Å². The number of amides is 2. The van der Waals surface area contributed by atoms with Crippen LogP contribution in [0.5, 0.6) is 0 Å². The smallest absolute Gasteiger partial charge is 0.407 e. The third-order valence-corrected chi connectivity index (χ3v) is 7.85. The number of carbonyl (C=O) groups excluding carboxylic acids is 3. The van der Waals surface area contributed by atoms with Crippen molar-refractivity contribution in [3.8, 4) is 0 Å². The first-order chi connectivity index (χ1) is 20.5. The molecule has 43 heavy (non-hydrogen) atoms. The summed E-state index contributed by atoms with van der Waals surface area (Å²) in [6, 6.07) is 12.1. The second-order valence-corrected chi connectivity index (χ2v) is 12.2. The summed E-state index contributed by atoms with van der Waals surface area (Å²) in [6.45, 7) is 5.27. The Morgan fingerprint density at radius 1 is 1.21 bits per heavy atom. The van der Waals surface area contributed by atoms with E-state index in [9.17, 15) is 24.5 Å². The van der Waals surface area contributed by atoms with Gasteiger partial charge in [-0.15, -0.1) is 21.5 Å².